The number of rotatable bonds is 5. The standard InChI is InChI=1S/C26H23N3O2/c1-17(19-8-4-3-5-9-19)27-26(31)23-16-25(29-24-11-7-6-10-22(23)24)20-12-14-21(15-13-20)28-18(2)30/h3-17H,1-2H3,(H,27,31)(H,28,30)/t17-/m0/s1. The molecule has 0 aliphatic heterocycles. The number of amides is 2. The Labute approximate surface area is 181 Å². The molecule has 3 aromatic carbocycles. The van der Waals surface area contributed by atoms with E-state index in [-0.39, 0.29) is 17.9 Å². The van der Waals surface area contributed by atoms with Crippen LogP contribution in [-0.2, 0) is 4.79 Å². The third kappa shape index (κ3) is 4.61. The van der Waals surface area contributed by atoms with Crippen LogP contribution in [0.1, 0.15) is 35.8 Å². The lowest BCUT2D eigenvalue weighted by Gasteiger charge is -2.16. The minimum atomic E-state index is -0.147. The van der Waals surface area contributed by atoms with E-state index in [1.54, 1.807) is 0 Å². The highest BCUT2D eigenvalue weighted by molar-refractivity contribution is 6.07. The lowest BCUT2D eigenvalue weighted by molar-refractivity contribution is -0.114. The number of para-hydroxylation sites is 1. The van der Waals surface area contributed by atoms with Gasteiger partial charge in [-0.05, 0) is 36.8 Å². The predicted octanol–water partition coefficient (Wildman–Crippen LogP) is 5.35. The van der Waals surface area contributed by atoms with Crippen LogP contribution >= 0.6 is 0 Å². The van der Waals surface area contributed by atoms with Crippen molar-refractivity contribution in [3.8, 4) is 11.3 Å². The van der Waals surface area contributed by atoms with Crippen LogP contribution in [0.3, 0.4) is 0 Å². The van der Waals surface area contributed by atoms with Gasteiger partial charge in [-0.1, -0.05) is 60.7 Å². The zero-order valence-corrected chi connectivity index (χ0v) is 17.4. The Balaban J connectivity index is 1.69. The van der Waals surface area contributed by atoms with Crippen molar-refractivity contribution in [2.24, 2.45) is 0 Å². The Morgan fingerprint density at radius 1 is 0.871 bits per heavy atom. The van der Waals surface area contributed by atoms with Crippen molar-refractivity contribution >= 4 is 28.4 Å². The zero-order valence-electron chi connectivity index (χ0n) is 17.4. The molecule has 1 aromatic heterocycles. The van der Waals surface area contributed by atoms with Crippen molar-refractivity contribution in [1.29, 1.82) is 0 Å². The van der Waals surface area contributed by atoms with E-state index in [0.29, 0.717) is 16.9 Å². The van der Waals surface area contributed by atoms with Crippen LogP contribution in [0.25, 0.3) is 22.2 Å². The van der Waals surface area contributed by atoms with Crippen LogP contribution in [0.5, 0.6) is 0 Å². The second-order valence-corrected chi connectivity index (χ2v) is 7.44. The van der Waals surface area contributed by atoms with Crippen molar-refractivity contribution in [3.63, 3.8) is 0 Å². The molecule has 2 N–H and O–H groups in total. The molecule has 154 valence electrons. The first-order chi connectivity index (χ1) is 15.0. The van der Waals surface area contributed by atoms with Gasteiger partial charge in [0.25, 0.3) is 5.91 Å². The van der Waals surface area contributed by atoms with Gasteiger partial charge < -0.3 is 10.6 Å². The topological polar surface area (TPSA) is 71.1 Å². The molecule has 5 nitrogen and oxygen atoms in total. The summed E-state index contributed by atoms with van der Waals surface area (Å²) in [6, 6.07) is 26.6. The first-order valence-corrected chi connectivity index (χ1v) is 10.1. The molecule has 1 atom stereocenters. The summed E-state index contributed by atoms with van der Waals surface area (Å²) in [6.07, 6.45) is 0. The summed E-state index contributed by atoms with van der Waals surface area (Å²) in [5.41, 5.74) is 4.66. The molecule has 2 amide bonds. The van der Waals surface area contributed by atoms with Crippen LogP contribution in [0.2, 0.25) is 0 Å². The molecule has 5 heteroatoms. The number of aromatic nitrogens is 1. The summed E-state index contributed by atoms with van der Waals surface area (Å²) in [6.45, 7) is 3.44. The van der Waals surface area contributed by atoms with Crippen molar-refractivity contribution in [2.45, 2.75) is 19.9 Å². The van der Waals surface area contributed by atoms with E-state index in [1.165, 1.54) is 6.92 Å². The van der Waals surface area contributed by atoms with E-state index in [2.05, 4.69) is 10.6 Å². The number of carbonyl (C=O) groups is 2. The first-order valence-electron chi connectivity index (χ1n) is 10.1. The normalized spacial score (nSPS) is 11.7. The Bertz CT molecular complexity index is 1230. The number of pyridine rings is 1. The molecule has 0 bridgehead atoms. The summed E-state index contributed by atoms with van der Waals surface area (Å²) < 4.78 is 0. The van der Waals surface area contributed by atoms with Crippen molar-refractivity contribution < 1.29 is 9.59 Å². The molecule has 0 saturated heterocycles. The van der Waals surface area contributed by atoms with Gasteiger partial charge >= 0.3 is 0 Å². The average molecular weight is 409 g/mol. The maximum absolute atomic E-state index is 13.2. The fourth-order valence-electron chi connectivity index (χ4n) is 3.54. The van der Waals surface area contributed by atoms with Crippen molar-refractivity contribution in [2.75, 3.05) is 5.32 Å². The molecule has 0 spiro atoms. The lowest BCUT2D eigenvalue weighted by Crippen LogP contribution is -2.27. The van der Waals surface area contributed by atoms with Crippen LogP contribution in [0.15, 0.2) is 84.9 Å². The Morgan fingerprint density at radius 2 is 1.55 bits per heavy atom. The van der Waals surface area contributed by atoms with Gasteiger partial charge in [-0.2, -0.15) is 0 Å². The summed E-state index contributed by atoms with van der Waals surface area (Å²) >= 11 is 0. The van der Waals surface area contributed by atoms with Crippen molar-refractivity contribution in [1.82, 2.24) is 10.3 Å². The van der Waals surface area contributed by atoms with Crippen LogP contribution in [0.4, 0.5) is 5.69 Å². The minimum absolute atomic E-state index is 0.122. The van der Waals surface area contributed by atoms with E-state index in [9.17, 15) is 9.59 Å². The Kier molecular flexibility index (Phi) is 5.76. The van der Waals surface area contributed by atoms with Gasteiger partial charge in [0.15, 0.2) is 0 Å². The van der Waals surface area contributed by atoms with E-state index in [4.69, 9.17) is 4.98 Å². The SMILES string of the molecule is CC(=O)Nc1ccc(-c2cc(C(=O)N[C@@H](C)c3ccccc3)c3ccccc3n2)cc1. The molecular weight excluding hydrogens is 386 g/mol. The Morgan fingerprint density at radius 3 is 2.26 bits per heavy atom. The van der Waals surface area contributed by atoms with E-state index in [0.717, 1.165) is 22.0 Å². The van der Waals surface area contributed by atoms with Crippen LogP contribution in [-0.4, -0.2) is 16.8 Å². The molecule has 4 aromatic rings. The molecule has 0 unspecified atom stereocenters. The van der Waals surface area contributed by atoms with Gasteiger partial charge in [0.05, 0.1) is 22.8 Å². The van der Waals surface area contributed by atoms with Gasteiger partial charge in [-0.25, -0.2) is 4.98 Å². The highest BCUT2D eigenvalue weighted by atomic mass is 16.2. The second kappa shape index (κ2) is 8.79. The number of nitrogens with one attached hydrogen (secondary N) is 2. The fraction of sp³-hybridized carbons (Fsp3) is 0.115. The summed E-state index contributed by atoms with van der Waals surface area (Å²) in [5.74, 6) is -0.269. The van der Waals surface area contributed by atoms with Gasteiger partial charge in [0.2, 0.25) is 5.91 Å². The lowest BCUT2D eigenvalue weighted by atomic mass is 10.0. The van der Waals surface area contributed by atoms with Crippen molar-refractivity contribution in [3.05, 3.63) is 96.1 Å². The third-order valence-electron chi connectivity index (χ3n) is 5.11. The van der Waals surface area contributed by atoms with Crippen LogP contribution in [0, 0.1) is 0 Å². The first kappa shape index (κ1) is 20.3. The smallest absolute Gasteiger partial charge is 0.252 e. The molecule has 0 fully saturated rings. The summed E-state index contributed by atoms with van der Waals surface area (Å²) in [5, 5.41) is 6.66. The Hall–Kier alpha value is -3.99. The molecule has 31 heavy (non-hydrogen) atoms. The maximum Gasteiger partial charge on any atom is 0.252 e. The molecule has 0 aliphatic carbocycles. The van der Waals surface area contributed by atoms with Crippen LogP contribution < -0.4 is 10.6 Å². The monoisotopic (exact) mass is 409 g/mol. The summed E-state index contributed by atoms with van der Waals surface area (Å²) in [7, 11) is 0. The maximum atomic E-state index is 13.2. The zero-order chi connectivity index (χ0) is 21.8. The number of carbonyl (C=O) groups excluding carboxylic acids is 2. The van der Waals surface area contributed by atoms with E-state index < -0.39 is 0 Å². The number of benzene rings is 3. The molecule has 0 radical (unpaired) electrons. The number of hydrogen-bond acceptors (Lipinski definition) is 3. The van der Waals surface area contributed by atoms with Gasteiger partial charge in [0.1, 0.15) is 0 Å². The number of nitrogens with zero attached hydrogens (tertiary/aromatic N) is 1. The van der Waals surface area contributed by atoms with E-state index >= 15 is 0 Å². The quantitative estimate of drug-likeness (QED) is 0.467. The van der Waals surface area contributed by atoms with E-state index in [1.807, 2.05) is 91.9 Å². The fourth-order valence-corrected chi connectivity index (χ4v) is 3.54. The number of hydrogen-bond donors (Lipinski definition) is 2. The molecule has 0 saturated carbocycles. The number of fused-ring (bicyclic) bond motifs is 1. The largest absolute Gasteiger partial charge is 0.345 e. The molecule has 4 rings (SSSR count). The minimum Gasteiger partial charge on any atom is -0.345 e. The highest BCUT2D eigenvalue weighted by Gasteiger charge is 2.16. The average Bonchev–Trinajstić information content (AvgIpc) is 2.79. The predicted molar refractivity (Wildman–Crippen MR) is 124 cm³/mol. The second-order valence-electron chi connectivity index (χ2n) is 7.44. The summed E-state index contributed by atoms with van der Waals surface area (Å²) in [4.78, 5) is 29.2. The van der Waals surface area contributed by atoms with Gasteiger partial charge in [0, 0.05) is 23.6 Å². The highest BCUT2D eigenvalue weighted by Crippen LogP contribution is 2.26. The molecule has 0 aliphatic rings. The van der Waals surface area contributed by atoms with Gasteiger partial charge in [-0.15, -0.1) is 0 Å². The molecule has 1 heterocycles. The van der Waals surface area contributed by atoms with Gasteiger partial charge in [-0.3, -0.25) is 9.59 Å². The number of anilines is 1. The molecular formula is C26H23N3O2. The third-order valence-corrected chi connectivity index (χ3v) is 5.11.